The lowest BCUT2D eigenvalue weighted by Crippen LogP contribution is -2.58. The van der Waals surface area contributed by atoms with Crippen LogP contribution in [0.3, 0.4) is 0 Å². The van der Waals surface area contributed by atoms with Gasteiger partial charge in [-0.3, -0.25) is 19.2 Å². The third-order valence-corrected chi connectivity index (χ3v) is 7.47. The van der Waals surface area contributed by atoms with Crippen LogP contribution in [-0.4, -0.2) is 59.1 Å². The van der Waals surface area contributed by atoms with Crippen LogP contribution in [0.5, 0.6) is 0 Å². The Labute approximate surface area is 191 Å². The van der Waals surface area contributed by atoms with Crippen LogP contribution < -0.4 is 16.4 Å². The maximum Gasteiger partial charge on any atom is 0.289 e. The van der Waals surface area contributed by atoms with Gasteiger partial charge >= 0.3 is 0 Å². The molecule has 0 bridgehead atoms. The maximum atomic E-state index is 13.3. The third-order valence-electron chi connectivity index (χ3n) is 7.47. The predicted octanol–water partition coefficient (Wildman–Crippen LogP) is 1.80. The maximum absolute atomic E-state index is 13.3. The summed E-state index contributed by atoms with van der Waals surface area (Å²) in [5.74, 6) is -1.75. The van der Waals surface area contributed by atoms with Crippen LogP contribution in [0.25, 0.3) is 0 Å². The normalized spacial score (nSPS) is 24.5. The average Bonchev–Trinajstić information content (AvgIpc) is 3.46. The molecule has 180 valence electrons. The molecule has 3 fully saturated rings. The van der Waals surface area contributed by atoms with Gasteiger partial charge in [0.2, 0.25) is 17.6 Å². The number of hydrogen-bond acceptors (Lipinski definition) is 5. The summed E-state index contributed by atoms with van der Waals surface area (Å²) in [5.41, 5.74) is 6.21. The topological polar surface area (TPSA) is 122 Å². The number of hydrogen-bond donors (Lipinski definition) is 3. The molecular weight excluding hydrogens is 408 g/mol. The number of Topliss-reactive ketones (excluding diaryl/α,β-unsaturated/α-hetero) is 1. The number of nitrogens with one attached hydrogen (secondary N) is 2. The minimum Gasteiger partial charge on any atom is -0.347 e. The number of carbonyl (C=O) groups is 4. The molecule has 4 N–H and O–H groups in total. The first-order valence-corrected chi connectivity index (χ1v) is 12.5. The van der Waals surface area contributed by atoms with E-state index in [1.807, 2.05) is 6.92 Å². The minimum atomic E-state index is -0.858. The molecule has 3 atom stereocenters. The van der Waals surface area contributed by atoms with Gasteiger partial charge < -0.3 is 21.3 Å². The van der Waals surface area contributed by atoms with Crippen LogP contribution in [0.15, 0.2) is 0 Å². The summed E-state index contributed by atoms with van der Waals surface area (Å²) in [7, 11) is 0. The van der Waals surface area contributed by atoms with Gasteiger partial charge in [-0.05, 0) is 50.4 Å². The number of nitrogens with two attached hydrogens (primary N) is 1. The summed E-state index contributed by atoms with van der Waals surface area (Å²) in [6.45, 7) is 4.58. The van der Waals surface area contributed by atoms with Crippen molar-refractivity contribution in [2.75, 3.05) is 6.54 Å². The van der Waals surface area contributed by atoms with Crippen molar-refractivity contribution in [2.24, 2.45) is 11.1 Å². The summed E-state index contributed by atoms with van der Waals surface area (Å²) in [5, 5.41) is 5.51. The van der Waals surface area contributed by atoms with Crippen LogP contribution >= 0.6 is 0 Å². The van der Waals surface area contributed by atoms with E-state index >= 15 is 0 Å². The molecule has 1 heterocycles. The minimum absolute atomic E-state index is 0.0829. The predicted molar refractivity (Wildman–Crippen MR) is 122 cm³/mol. The van der Waals surface area contributed by atoms with E-state index in [0.29, 0.717) is 19.4 Å². The van der Waals surface area contributed by atoms with Gasteiger partial charge in [0, 0.05) is 12.6 Å². The molecule has 8 heteroatoms. The Bertz CT molecular complexity index is 715. The fourth-order valence-corrected chi connectivity index (χ4v) is 5.04. The lowest BCUT2D eigenvalue weighted by molar-refractivity contribution is -0.144. The molecule has 1 aliphatic heterocycles. The van der Waals surface area contributed by atoms with Gasteiger partial charge in [0.15, 0.2) is 0 Å². The second-order valence-corrected chi connectivity index (χ2v) is 10.2. The molecule has 32 heavy (non-hydrogen) atoms. The molecule has 2 aliphatic carbocycles. The molecule has 0 aromatic carbocycles. The van der Waals surface area contributed by atoms with Gasteiger partial charge in [-0.15, -0.1) is 0 Å². The Hall–Kier alpha value is -1.96. The van der Waals surface area contributed by atoms with Crippen LogP contribution in [0, 0.1) is 5.41 Å². The van der Waals surface area contributed by atoms with Gasteiger partial charge in [-0.25, -0.2) is 0 Å². The van der Waals surface area contributed by atoms with Gasteiger partial charge in [-0.1, -0.05) is 46.0 Å². The average molecular weight is 449 g/mol. The van der Waals surface area contributed by atoms with Crippen molar-refractivity contribution >= 4 is 23.5 Å². The molecule has 3 rings (SSSR count). The zero-order valence-electron chi connectivity index (χ0n) is 19.7. The molecule has 0 aromatic heterocycles. The third kappa shape index (κ3) is 5.88. The molecule has 3 aliphatic rings. The van der Waals surface area contributed by atoms with Crippen molar-refractivity contribution in [3.05, 3.63) is 0 Å². The van der Waals surface area contributed by atoms with Crippen molar-refractivity contribution in [2.45, 2.75) is 115 Å². The van der Waals surface area contributed by atoms with E-state index in [1.165, 1.54) is 6.42 Å². The first-order chi connectivity index (χ1) is 15.3. The van der Waals surface area contributed by atoms with Crippen LogP contribution in [0.1, 0.15) is 90.9 Å². The van der Waals surface area contributed by atoms with E-state index in [1.54, 1.807) is 4.90 Å². The number of unbranched alkanes of at least 4 members (excludes halogenated alkanes) is 1. The SMILES string of the molecule is CCCC[C@H](NC(=O)[C@@H]1CCCN1C(=O)[C@@H](N)C1(C)CCCCC1)C(=O)C(=O)NC1CC1. The molecular formula is C24H40N4O4. The largest absolute Gasteiger partial charge is 0.347 e. The summed E-state index contributed by atoms with van der Waals surface area (Å²) >= 11 is 0. The first kappa shape index (κ1) is 24.7. The lowest BCUT2D eigenvalue weighted by atomic mass is 9.70. The highest BCUT2D eigenvalue weighted by Crippen LogP contribution is 2.39. The van der Waals surface area contributed by atoms with E-state index < -0.39 is 29.8 Å². The quantitative estimate of drug-likeness (QED) is 0.440. The second kappa shape index (κ2) is 10.8. The molecule has 2 saturated carbocycles. The smallest absolute Gasteiger partial charge is 0.289 e. The zero-order chi connectivity index (χ0) is 23.3. The zero-order valence-corrected chi connectivity index (χ0v) is 19.7. The van der Waals surface area contributed by atoms with Crippen LogP contribution in [0.4, 0.5) is 0 Å². The van der Waals surface area contributed by atoms with Crippen molar-refractivity contribution in [3.8, 4) is 0 Å². The van der Waals surface area contributed by atoms with Crippen LogP contribution in [0.2, 0.25) is 0 Å². The van der Waals surface area contributed by atoms with Crippen molar-refractivity contribution in [1.82, 2.24) is 15.5 Å². The Kier molecular flexibility index (Phi) is 8.31. The highest BCUT2D eigenvalue weighted by atomic mass is 16.2. The Morgan fingerprint density at radius 2 is 1.75 bits per heavy atom. The fraction of sp³-hybridized carbons (Fsp3) is 0.833. The highest BCUT2D eigenvalue weighted by molar-refractivity contribution is 6.38. The van der Waals surface area contributed by atoms with Crippen molar-refractivity contribution < 1.29 is 19.2 Å². The van der Waals surface area contributed by atoms with E-state index in [9.17, 15) is 19.2 Å². The number of nitrogens with zero attached hydrogens (tertiary/aromatic N) is 1. The Balaban J connectivity index is 1.64. The number of rotatable bonds is 10. The van der Waals surface area contributed by atoms with Crippen molar-refractivity contribution in [3.63, 3.8) is 0 Å². The molecule has 1 saturated heterocycles. The highest BCUT2D eigenvalue weighted by Gasteiger charge is 2.44. The molecule has 0 aromatic rings. The second-order valence-electron chi connectivity index (χ2n) is 10.2. The van der Waals surface area contributed by atoms with E-state index in [4.69, 9.17) is 5.73 Å². The van der Waals surface area contributed by atoms with Crippen molar-refractivity contribution in [1.29, 1.82) is 0 Å². The first-order valence-electron chi connectivity index (χ1n) is 12.5. The number of likely N-dealkylation sites (tertiary alicyclic amines) is 1. The summed E-state index contributed by atoms with van der Waals surface area (Å²) in [6, 6.07) is -2.04. The van der Waals surface area contributed by atoms with Gasteiger partial charge in [0.05, 0.1) is 12.1 Å². The monoisotopic (exact) mass is 448 g/mol. The van der Waals surface area contributed by atoms with Crippen LogP contribution in [-0.2, 0) is 19.2 Å². The molecule has 8 nitrogen and oxygen atoms in total. The Morgan fingerprint density at radius 1 is 1.06 bits per heavy atom. The van der Waals surface area contributed by atoms with E-state index in [2.05, 4.69) is 17.6 Å². The van der Waals surface area contributed by atoms with E-state index in [0.717, 1.165) is 57.8 Å². The molecule has 0 unspecified atom stereocenters. The summed E-state index contributed by atoms with van der Waals surface area (Å²) in [4.78, 5) is 53.0. The fourth-order valence-electron chi connectivity index (χ4n) is 5.04. The summed E-state index contributed by atoms with van der Waals surface area (Å²) < 4.78 is 0. The Morgan fingerprint density at radius 3 is 2.38 bits per heavy atom. The van der Waals surface area contributed by atoms with Gasteiger partial charge in [0.1, 0.15) is 6.04 Å². The number of carbonyl (C=O) groups excluding carboxylic acids is 4. The molecule has 0 spiro atoms. The standard InChI is InChI=1S/C24H40N4O4/c1-3-4-9-17(19(29)22(31)26-16-11-12-16)27-21(30)18-10-8-15-28(18)23(32)20(25)24(2)13-6-5-7-14-24/h16-18,20H,3-15,25H2,1-2H3,(H,26,31)(H,27,30)/t17-,18-,20+/m0/s1. The van der Waals surface area contributed by atoms with Gasteiger partial charge in [-0.2, -0.15) is 0 Å². The molecule has 3 amide bonds. The molecule has 0 radical (unpaired) electrons. The number of amides is 3. The van der Waals surface area contributed by atoms with Gasteiger partial charge in [0.25, 0.3) is 5.91 Å². The summed E-state index contributed by atoms with van der Waals surface area (Å²) in [6.07, 6.45) is 10.2. The number of ketones is 1. The lowest BCUT2D eigenvalue weighted by Gasteiger charge is -2.40. The van der Waals surface area contributed by atoms with E-state index in [-0.39, 0.29) is 23.3 Å².